The van der Waals surface area contributed by atoms with Crippen LogP contribution in [0.25, 0.3) is 11.3 Å². The number of methoxy groups -OCH3 is 1. The van der Waals surface area contributed by atoms with Gasteiger partial charge in [0.2, 0.25) is 5.91 Å². The molecular weight excluding hydrogens is 382 g/mol. The summed E-state index contributed by atoms with van der Waals surface area (Å²) in [6.07, 6.45) is 4.05. The van der Waals surface area contributed by atoms with Gasteiger partial charge in [-0.2, -0.15) is 0 Å². The number of nitrogens with zero attached hydrogens (tertiary/aromatic N) is 4. The van der Waals surface area contributed by atoms with Crippen molar-refractivity contribution in [3.63, 3.8) is 0 Å². The Labute approximate surface area is 165 Å². The molecule has 0 atom stereocenters. The first-order valence-corrected chi connectivity index (χ1v) is 10.4. The van der Waals surface area contributed by atoms with E-state index in [4.69, 9.17) is 4.74 Å². The molecule has 1 amide bonds. The molecule has 1 aliphatic rings. The molecule has 2 heterocycles. The molecule has 9 heteroatoms. The van der Waals surface area contributed by atoms with Crippen LogP contribution in [0.2, 0.25) is 0 Å². The third-order valence-corrected chi connectivity index (χ3v) is 6.06. The fourth-order valence-electron chi connectivity index (χ4n) is 2.69. The fraction of sp³-hybridized carbons (Fsp3) is 0.333. The maximum Gasteiger partial charge on any atom is 0.236 e. The van der Waals surface area contributed by atoms with Crippen molar-refractivity contribution in [2.24, 2.45) is 0 Å². The van der Waals surface area contributed by atoms with E-state index in [2.05, 4.69) is 20.5 Å². The molecule has 0 saturated heterocycles. The zero-order valence-electron chi connectivity index (χ0n) is 15.0. The van der Waals surface area contributed by atoms with Gasteiger partial charge in [0.25, 0.3) is 0 Å². The largest absolute Gasteiger partial charge is 0.497 e. The van der Waals surface area contributed by atoms with Crippen LogP contribution < -0.4 is 10.1 Å². The first-order chi connectivity index (χ1) is 13.1. The Morgan fingerprint density at radius 2 is 2.15 bits per heavy atom. The van der Waals surface area contributed by atoms with Gasteiger partial charge in [-0.3, -0.25) is 4.79 Å². The Kier molecular flexibility index (Phi) is 5.13. The van der Waals surface area contributed by atoms with Gasteiger partial charge in [-0.1, -0.05) is 11.8 Å². The van der Waals surface area contributed by atoms with Gasteiger partial charge in [0.15, 0.2) is 10.3 Å². The molecule has 7 nitrogen and oxygen atoms in total. The summed E-state index contributed by atoms with van der Waals surface area (Å²) in [7, 11) is 1.64. The molecule has 1 saturated carbocycles. The molecular formula is C18H19N5O2S2. The van der Waals surface area contributed by atoms with Crippen molar-refractivity contribution >= 4 is 34.1 Å². The summed E-state index contributed by atoms with van der Waals surface area (Å²) >= 11 is 2.87. The van der Waals surface area contributed by atoms with Crippen molar-refractivity contribution in [2.75, 3.05) is 18.2 Å². The number of carbonyl (C=O) groups excluding carboxylic acids is 1. The number of thiazole rings is 1. The van der Waals surface area contributed by atoms with E-state index >= 15 is 0 Å². The zero-order chi connectivity index (χ0) is 18.8. The fourth-order valence-corrected chi connectivity index (χ4v) is 4.33. The number of aromatic nitrogens is 4. The Bertz CT molecular complexity index is 947. The van der Waals surface area contributed by atoms with E-state index in [1.165, 1.54) is 23.1 Å². The van der Waals surface area contributed by atoms with Gasteiger partial charge in [0.05, 0.1) is 18.6 Å². The quantitative estimate of drug-likeness (QED) is 0.607. The number of anilines is 1. The second-order valence-electron chi connectivity index (χ2n) is 6.24. The van der Waals surface area contributed by atoms with Crippen molar-refractivity contribution in [3.05, 3.63) is 35.5 Å². The topological polar surface area (TPSA) is 81.9 Å². The number of rotatable bonds is 7. The SMILES string of the molecule is COc1ccc(-c2nc(NC(=O)CSc3nncn3C3CC3)sc2C)cc1. The molecule has 0 unspecified atom stereocenters. The maximum atomic E-state index is 12.3. The van der Waals surface area contributed by atoms with Gasteiger partial charge in [-0.25, -0.2) is 4.98 Å². The Morgan fingerprint density at radius 3 is 2.85 bits per heavy atom. The molecule has 140 valence electrons. The molecule has 0 radical (unpaired) electrons. The number of hydrogen-bond donors (Lipinski definition) is 1. The van der Waals surface area contributed by atoms with Gasteiger partial charge in [-0.15, -0.1) is 21.5 Å². The highest BCUT2D eigenvalue weighted by atomic mass is 32.2. The third-order valence-electron chi connectivity index (χ3n) is 4.22. The van der Waals surface area contributed by atoms with E-state index < -0.39 is 0 Å². The summed E-state index contributed by atoms with van der Waals surface area (Å²) in [5, 5.41) is 12.3. The second-order valence-corrected chi connectivity index (χ2v) is 8.39. The van der Waals surface area contributed by atoms with Crippen LogP contribution in [0, 0.1) is 6.92 Å². The van der Waals surface area contributed by atoms with Gasteiger partial charge in [0.1, 0.15) is 12.1 Å². The van der Waals surface area contributed by atoms with Crippen LogP contribution in [0.5, 0.6) is 5.75 Å². The van der Waals surface area contributed by atoms with E-state index in [9.17, 15) is 4.79 Å². The number of hydrogen-bond acceptors (Lipinski definition) is 7. The van der Waals surface area contributed by atoms with E-state index in [0.717, 1.165) is 39.9 Å². The van der Waals surface area contributed by atoms with Gasteiger partial charge in [0, 0.05) is 16.5 Å². The highest BCUT2D eigenvalue weighted by Gasteiger charge is 2.26. The number of amides is 1. The highest BCUT2D eigenvalue weighted by Crippen LogP contribution is 2.37. The van der Waals surface area contributed by atoms with Crippen LogP contribution in [0.1, 0.15) is 23.8 Å². The van der Waals surface area contributed by atoms with Gasteiger partial charge < -0.3 is 14.6 Å². The molecule has 1 N–H and O–H groups in total. The minimum absolute atomic E-state index is 0.0969. The summed E-state index contributed by atoms with van der Waals surface area (Å²) < 4.78 is 7.24. The molecule has 0 bridgehead atoms. The first-order valence-electron chi connectivity index (χ1n) is 8.58. The molecule has 0 spiro atoms. The van der Waals surface area contributed by atoms with E-state index in [1.54, 1.807) is 13.4 Å². The predicted molar refractivity (Wildman–Crippen MR) is 106 cm³/mol. The standard InChI is InChI=1S/C18H19N5O2S2/c1-11-16(12-3-7-14(25-2)8-4-12)21-17(27-11)20-15(24)9-26-18-22-19-10-23(18)13-5-6-13/h3-4,7-8,10,13H,5-6,9H2,1-2H3,(H,20,21,24). The van der Waals surface area contributed by atoms with E-state index in [1.807, 2.05) is 35.8 Å². The number of benzene rings is 1. The van der Waals surface area contributed by atoms with Crippen LogP contribution >= 0.6 is 23.1 Å². The lowest BCUT2D eigenvalue weighted by molar-refractivity contribution is -0.113. The van der Waals surface area contributed by atoms with Gasteiger partial charge in [-0.05, 0) is 44.0 Å². The molecule has 0 aliphatic heterocycles. The highest BCUT2D eigenvalue weighted by molar-refractivity contribution is 7.99. The van der Waals surface area contributed by atoms with Crippen molar-refractivity contribution in [3.8, 4) is 17.0 Å². The van der Waals surface area contributed by atoms with E-state index in [0.29, 0.717) is 11.2 Å². The minimum atomic E-state index is -0.0969. The first kappa shape index (κ1) is 18.0. The smallest absolute Gasteiger partial charge is 0.236 e. The van der Waals surface area contributed by atoms with Crippen LogP contribution in [0.15, 0.2) is 35.7 Å². The van der Waals surface area contributed by atoms with Crippen LogP contribution in [-0.2, 0) is 4.79 Å². The molecule has 1 aromatic carbocycles. The monoisotopic (exact) mass is 401 g/mol. The summed E-state index contributed by atoms with van der Waals surface area (Å²) in [6, 6.07) is 8.23. The lowest BCUT2D eigenvalue weighted by Gasteiger charge is -2.04. The average molecular weight is 402 g/mol. The van der Waals surface area contributed by atoms with E-state index in [-0.39, 0.29) is 11.7 Å². The lowest BCUT2D eigenvalue weighted by atomic mass is 10.1. The van der Waals surface area contributed by atoms with Crippen molar-refractivity contribution in [2.45, 2.75) is 31.0 Å². The zero-order valence-corrected chi connectivity index (χ0v) is 16.6. The number of thioether (sulfide) groups is 1. The average Bonchev–Trinajstić information content (AvgIpc) is 3.30. The minimum Gasteiger partial charge on any atom is -0.497 e. The van der Waals surface area contributed by atoms with Crippen LogP contribution in [0.3, 0.4) is 0 Å². The third kappa shape index (κ3) is 4.14. The number of nitrogens with one attached hydrogen (secondary N) is 1. The Balaban J connectivity index is 1.38. The molecule has 4 rings (SSSR count). The van der Waals surface area contributed by atoms with Crippen molar-refractivity contribution in [1.29, 1.82) is 0 Å². The molecule has 1 aliphatic carbocycles. The summed E-state index contributed by atoms with van der Waals surface area (Å²) in [5.74, 6) is 0.985. The van der Waals surface area contributed by atoms with Crippen LogP contribution in [0.4, 0.5) is 5.13 Å². The Morgan fingerprint density at radius 1 is 1.37 bits per heavy atom. The predicted octanol–water partition coefficient (Wildman–Crippen LogP) is 3.78. The number of aryl methyl sites for hydroxylation is 1. The molecule has 1 fully saturated rings. The second kappa shape index (κ2) is 7.69. The Hall–Kier alpha value is -2.39. The maximum absolute atomic E-state index is 12.3. The van der Waals surface area contributed by atoms with Crippen molar-refractivity contribution in [1.82, 2.24) is 19.7 Å². The number of carbonyl (C=O) groups is 1. The summed E-state index contributed by atoms with van der Waals surface area (Å²) in [4.78, 5) is 17.9. The van der Waals surface area contributed by atoms with Gasteiger partial charge >= 0.3 is 0 Å². The summed E-state index contributed by atoms with van der Waals surface area (Å²) in [6.45, 7) is 2.00. The van der Waals surface area contributed by atoms with Crippen LogP contribution in [-0.4, -0.2) is 38.5 Å². The molecule has 27 heavy (non-hydrogen) atoms. The lowest BCUT2D eigenvalue weighted by Crippen LogP contribution is -2.14. The normalized spacial score (nSPS) is 13.6. The molecule has 3 aromatic rings. The number of ether oxygens (including phenoxy) is 1. The van der Waals surface area contributed by atoms with Crippen molar-refractivity contribution < 1.29 is 9.53 Å². The summed E-state index contributed by atoms with van der Waals surface area (Å²) in [5.41, 5.74) is 1.87. The molecule has 2 aromatic heterocycles.